The lowest BCUT2D eigenvalue weighted by Gasteiger charge is -2.29. The van der Waals surface area contributed by atoms with E-state index in [0.29, 0.717) is 35.5 Å². The minimum atomic E-state index is -0.898. The smallest absolute Gasteiger partial charge is 0.258 e. The number of aldehydes is 1. The molecule has 2 amide bonds. The summed E-state index contributed by atoms with van der Waals surface area (Å²) in [5.41, 5.74) is 2.40. The van der Waals surface area contributed by atoms with Gasteiger partial charge in [-0.3, -0.25) is 14.4 Å². The zero-order chi connectivity index (χ0) is 30.6. The normalized spacial score (nSPS) is 16.3. The number of benzene rings is 4. The third-order valence-electron chi connectivity index (χ3n) is 8.21. The van der Waals surface area contributed by atoms with E-state index in [1.165, 1.54) is 6.92 Å². The Morgan fingerprint density at radius 2 is 1.56 bits per heavy atom. The van der Waals surface area contributed by atoms with E-state index >= 15 is 0 Å². The second-order valence-corrected chi connectivity index (χ2v) is 11.1. The van der Waals surface area contributed by atoms with Crippen molar-refractivity contribution in [3.63, 3.8) is 0 Å². The molecule has 1 aliphatic heterocycles. The summed E-state index contributed by atoms with van der Waals surface area (Å²) in [6.45, 7) is 3.88. The summed E-state index contributed by atoms with van der Waals surface area (Å²) in [5.74, 6) is -0.553. The quantitative estimate of drug-likeness (QED) is 0.214. The lowest BCUT2D eigenvalue weighted by molar-refractivity contribution is -0.120. The number of para-hydroxylation sites is 2. The highest BCUT2D eigenvalue weighted by molar-refractivity contribution is 6.12. The lowest BCUT2D eigenvalue weighted by Crippen LogP contribution is -2.58. The number of ketones is 1. The van der Waals surface area contributed by atoms with Crippen LogP contribution in [0.15, 0.2) is 91.0 Å². The second kappa shape index (κ2) is 12.7. The Morgan fingerprint density at radius 3 is 2.26 bits per heavy atom. The number of hydrogen-bond donors (Lipinski definition) is 2. The van der Waals surface area contributed by atoms with E-state index in [0.717, 1.165) is 22.6 Å². The largest absolute Gasteiger partial charge is 0.309 e. The predicted molar refractivity (Wildman–Crippen MR) is 170 cm³/mol. The molecule has 0 aliphatic carbocycles. The van der Waals surface area contributed by atoms with E-state index in [4.69, 9.17) is 0 Å². The fourth-order valence-electron chi connectivity index (χ4n) is 5.43. The van der Waals surface area contributed by atoms with Crippen LogP contribution >= 0.6 is 0 Å². The van der Waals surface area contributed by atoms with Crippen molar-refractivity contribution in [1.29, 1.82) is 0 Å². The molecule has 1 aliphatic rings. The van der Waals surface area contributed by atoms with E-state index < -0.39 is 11.6 Å². The first kappa shape index (κ1) is 29.8. The van der Waals surface area contributed by atoms with Gasteiger partial charge in [0.1, 0.15) is 12.3 Å². The number of nitrogens with one attached hydrogen (secondary N) is 2. The third kappa shape index (κ3) is 6.26. The number of hydrogen-bond acceptors (Lipinski definition) is 6. The Morgan fingerprint density at radius 1 is 0.907 bits per heavy atom. The molecule has 5 rings (SSSR count). The maximum Gasteiger partial charge on any atom is 0.258 e. The number of nitrogens with zero attached hydrogens (tertiary/aromatic N) is 2. The number of fused-ring (bicyclic) bond motifs is 2. The van der Waals surface area contributed by atoms with Gasteiger partial charge in [-0.25, -0.2) is 0 Å². The van der Waals surface area contributed by atoms with Crippen LogP contribution in [0.2, 0.25) is 0 Å². The van der Waals surface area contributed by atoms with Crippen LogP contribution in [0.3, 0.4) is 0 Å². The summed E-state index contributed by atoms with van der Waals surface area (Å²) in [6.07, 6.45) is 1.42. The molecule has 2 N–H and O–H groups in total. The molecule has 0 spiro atoms. The molecule has 0 fully saturated rings. The Kier molecular flexibility index (Phi) is 8.80. The van der Waals surface area contributed by atoms with Crippen molar-refractivity contribution < 1.29 is 19.2 Å². The summed E-state index contributed by atoms with van der Waals surface area (Å²) in [7, 11) is 1.69. The van der Waals surface area contributed by atoms with Crippen LogP contribution in [0, 0.1) is 0 Å². The van der Waals surface area contributed by atoms with Crippen LogP contribution in [0.1, 0.15) is 40.1 Å². The first-order valence-electron chi connectivity index (χ1n) is 14.4. The molecular weight excluding hydrogens is 540 g/mol. The predicted octanol–water partition coefficient (Wildman–Crippen LogP) is 4.41. The minimum Gasteiger partial charge on any atom is -0.309 e. The molecule has 0 aromatic heterocycles. The summed E-state index contributed by atoms with van der Waals surface area (Å²) < 4.78 is 0. The number of anilines is 2. The van der Waals surface area contributed by atoms with E-state index in [-0.39, 0.29) is 30.7 Å². The molecule has 8 nitrogen and oxygen atoms in total. The molecule has 0 saturated heterocycles. The number of likely N-dealkylation sites (N-methyl/N-ethyl adjacent to an activating group) is 1. The molecule has 43 heavy (non-hydrogen) atoms. The fraction of sp³-hybridized carbons (Fsp3) is 0.257. The molecule has 4 aromatic rings. The molecule has 2 atom stereocenters. The van der Waals surface area contributed by atoms with Gasteiger partial charge in [0.2, 0.25) is 5.91 Å². The number of amides is 2. The van der Waals surface area contributed by atoms with Crippen molar-refractivity contribution in [3.8, 4) is 0 Å². The Balaban J connectivity index is 1.53. The van der Waals surface area contributed by atoms with Crippen LogP contribution in [-0.4, -0.2) is 62.1 Å². The molecule has 0 saturated carbocycles. The van der Waals surface area contributed by atoms with Crippen LogP contribution in [0.5, 0.6) is 0 Å². The van der Waals surface area contributed by atoms with Crippen molar-refractivity contribution >= 4 is 46.0 Å². The van der Waals surface area contributed by atoms with Gasteiger partial charge in [0.15, 0.2) is 5.78 Å². The van der Waals surface area contributed by atoms with Gasteiger partial charge in [-0.05, 0) is 67.9 Å². The number of rotatable bonds is 10. The van der Waals surface area contributed by atoms with Gasteiger partial charge in [0, 0.05) is 24.2 Å². The Hall–Kier alpha value is -4.66. The van der Waals surface area contributed by atoms with Gasteiger partial charge in [0.25, 0.3) is 5.91 Å². The van der Waals surface area contributed by atoms with Crippen molar-refractivity contribution in [3.05, 3.63) is 108 Å². The second-order valence-electron chi connectivity index (χ2n) is 11.1. The first-order valence-corrected chi connectivity index (χ1v) is 14.4. The third-order valence-corrected chi connectivity index (χ3v) is 8.21. The molecule has 4 aromatic carbocycles. The van der Waals surface area contributed by atoms with Crippen molar-refractivity contribution in [1.82, 2.24) is 10.6 Å². The average Bonchev–Trinajstić information content (AvgIpc) is 3.16. The molecule has 0 unspecified atom stereocenters. The van der Waals surface area contributed by atoms with Crippen LogP contribution in [-0.2, 0) is 16.0 Å². The summed E-state index contributed by atoms with van der Waals surface area (Å²) in [4.78, 5) is 55.3. The van der Waals surface area contributed by atoms with Gasteiger partial charge in [0.05, 0.1) is 23.5 Å². The first-order chi connectivity index (χ1) is 20.7. The number of carbonyl (C=O) groups is 4. The molecule has 8 heteroatoms. The summed E-state index contributed by atoms with van der Waals surface area (Å²) in [6, 6.07) is 27.5. The zero-order valence-corrected chi connectivity index (χ0v) is 24.7. The fourth-order valence-corrected chi connectivity index (χ4v) is 5.43. The van der Waals surface area contributed by atoms with E-state index in [2.05, 4.69) is 34.9 Å². The van der Waals surface area contributed by atoms with Gasteiger partial charge >= 0.3 is 0 Å². The van der Waals surface area contributed by atoms with E-state index in [9.17, 15) is 19.2 Å². The molecule has 0 radical (unpaired) electrons. The van der Waals surface area contributed by atoms with Crippen LogP contribution < -0.4 is 20.4 Å². The monoisotopic (exact) mass is 576 g/mol. The van der Waals surface area contributed by atoms with Gasteiger partial charge in [-0.1, -0.05) is 66.7 Å². The molecular formula is C35H36N4O4. The lowest BCUT2D eigenvalue weighted by atomic mass is 10.0. The topological polar surface area (TPSA) is 98.8 Å². The Bertz CT molecular complexity index is 1660. The SMILES string of the molecule is CN[C@](C)(C=O)CN[C@H]1CN(C(=O)c2ccc(C(C)=O)cc2)c2ccccc2N(CCc2cccc3ccccc23)C1=O. The highest BCUT2D eigenvalue weighted by atomic mass is 16.2. The van der Waals surface area contributed by atoms with Gasteiger partial charge < -0.3 is 25.2 Å². The van der Waals surface area contributed by atoms with Gasteiger partial charge in [-0.15, -0.1) is 0 Å². The molecule has 0 bridgehead atoms. The average molecular weight is 577 g/mol. The van der Waals surface area contributed by atoms with Crippen molar-refractivity contribution in [2.24, 2.45) is 0 Å². The Labute approximate surface area is 251 Å². The highest BCUT2D eigenvalue weighted by Gasteiger charge is 2.37. The molecule has 1 heterocycles. The standard InChI is InChI=1S/C35H36N4O4/c1-24(41)25-15-17-28(18-16-25)33(42)39-21-30(37-22-35(2,23-40)36-3)34(43)38(31-13-6-7-14-32(31)39)20-19-27-11-8-10-26-9-4-5-12-29(26)27/h4-18,23,30,36-37H,19-22H2,1-3H3/t30-,35-/m0/s1. The van der Waals surface area contributed by atoms with Gasteiger partial charge in [-0.2, -0.15) is 0 Å². The summed E-state index contributed by atoms with van der Waals surface area (Å²) >= 11 is 0. The van der Waals surface area contributed by atoms with Crippen LogP contribution in [0.25, 0.3) is 10.8 Å². The maximum atomic E-state index is 14.3. The summed E-state index contributed by atoms with van der Waals surface area (Å²) in [5, 5.41) is 8.55. The van der Waals surface area contributed by atoms with Crippen molar-refractivity contribution in [2.45, 2.75) is 31.8 Å². The zero-order valence-electron chi connectivity index (χ0n) is 24.7. The minimum absolute atomic E-state index is 0.0621. The number of Topliss-reactive ketones (excluding diaryl/α,β-unsaturated/α-hetero) is 1. The van der Waals surface area contributed by atoms with Crippen LogP contribution in [0.4, 0.5) is 11.4 Å². The maximum absolute atomic E-state index is 14.3. The van der Waals surface area contributed by atoms with E-state index in [1.54, 1.807) is 48.0 Å². The number of carbonyl (C=O) groups excluding carboxylic acids is 4. The van der Waals surface area contributed by atoms with Crippen molar-refractivity contribution in [2.75, 3.05) is 36.5 Å². The van der Waals surface area contributed by atoms with E-state index in [1.807, 2.05) is 42.5 Å². The highest BCUT2D eigenvalue weighted by Crippen LogP contribution is 2.34. The molecule has 220 valence electrons.